The first-order chi connectivity index (χ1) is 6.13. The molecule has 4 heteroatoms. The predicted octanol–water partition coefficient (Wildman–Crippen LogP) is 2.99. The summed E-state index contributed by atoms with van der Waals surface area (Å²) in [4.78, 5) is 4.08. The van der Waals surface area contributed by atoms with Crippen LogP contribution in [0.25, 0.3) is 0 Å². The van der Waals surface area contributed by atoms with Crippen LogP contribution in [-0.2, 0) is 0 Å². The van der Waals surface area contributed by atoms with Crippen LogP contribution in [0.5, 0.6) is 0 Å². The van der Waals surface area contributed by atoms with Gasteiger partial charge in [-0.15, -0.1) is 0 Å². The second kappa shape index (κ2) is 4.37. The number of rotatable bonds is 2. The van der Waals surface area contributed by atoms with Crippen molar-refractivity contribution >= 4 is 27.5 Å². The number of aliphatic imine (C=N–C) groups is 1. The Bertz CT molecular complexity index is 336. The average Bonchev–Trinajstić information content (AvgIpc) is 2.11. The molecular weight excluding hydrogens is 235 g/mol. The molecule has 0 saturated carbocycles. The number of nitrogens with two attached hydrogens (primary N) is 1. The molecule has 13 heavy (non-hydrogen) atoms. The molecule has 0 radical (unpaired) electrons. The van der Waals surface area contributed by atoms with Gasteiger partial charge >= 0.3 is 0 Å². The number of hydrogen-bond acceptors (Lipinski definition) is 1. The molecule has 0 heterocycles. The Kier molecular flexibility index (Phi) is 3.42. The number of benzene rings is 1. The Morgan fingerprint density at radius 2 is 2.31 bits per heavy atom. The topological polar surface area (TPSA) is 38.4 Å². The summed E-state index contributed by atoms with van der Waals surface area (Å²) in [5.74, 6) is 0.243. The molecule has 0 fully saturated rings. The Hall–Kier alpha value is -0.900. The molecule has 2 N–H and O–H groups in total. The zero-order valence-corrected chi connectivity index (χ0v) is 8.81. The van der Waals surface area contributed by atoms with Gasteiger partial charge in [-0.05, 0) is 34.1 Å². The van der Waals surface area contributed by atoms with Gasteiger partial charge in [-0.25, -0.2) is 9.38 Å². The summed E-state index contributed by atoms with van der Waals surface area (Å²) < 4.78 is 13.2. The maximum Gasteiger partial charge on any atom is 0.137 e. The fourth-order valence-corrected chi connectivity index (χ4v) is 1.17. The highest BCUT2D eigenvalue weighted by Crippen LogP contribution is 2.21. The first-order valence-electron chi connectivity index (χ1n) is 3.91. The highest BCUT2D eigenvalue weighted by atomic mass is 79.9. The van der Waals surface area contributed by atoms with E-state index in [0.29, 0.717) is 22.4 Å². The SMILES string of the molecule is CCC(N)=Nc1ccc(F)c(Br)c1. The Balaban J connectivity index is 2.98. The van der Waals surface area contributed by atoms with E-state index in [1.807, 2.05) is 6.92 Å². The summed E-state index contributed by atoms with van der Waals surface area (Å²) in [6, 6.07) is 4.53. The third kappa shape index (κ3) is 2.81. The third-order valence-electron chi connectivity index (χ3n) is 1.54. The van der Waals surface area contributed by atoms with Crippen LogP contribution in [0, 0.1) is 5.82 Å². The second-order valence-electron chi connectivity index (χ2n) is 2.56. The lowest BCUT2D eigenvalue weighted by Crippen LogP contribution is -2.08. The lowest BCUT2D eigenvalue weighted by Gasteiger charge is -1.98. The van der Waals surface area contributed by atoms with Gasteiger partial charge in [0.2, 0.25) is 0 Å². The summed E-state index contributed by atoms with van der Waals surface area (Å²) in [6.45, 7) is 1.91. The van der Waals surface area contributed by atoms with E-state index in [0.717, 1.165) is 0 Å². The first kappa shape index (κ1) is 10.2. The predicted molar refractivity (Wildman–Crippen MR) is 55.7 cm³/mol. The van der Waals surface area contributed by atoms with Crippen LogP contribution in [0.15, 0.2) is 27.7 Å². The van der Waals surface area contributed by atoms with E-state index >= 15 is 0 Å². The van der Waals surface area contributed by atoms with Crippen molar-refractivity contribution in [1.82, 2.24) is 0 Å². The second-order valence-corrected chi connectivity index (χ2v) is 3.41. The molecule has 0 bridgehead atoms. The molecule has 1 aromatic carbocycles. The van der Waals surface area contributed by atoms with Gasteiger partial charge in [0.05, 0.1) is 16.0 Å². The summed E-state index contributed by atoms with van der Waals surface area (Å²) in [6.07, 6.45) is 0.689. The lowest BCUT2D eigenvalue weighted by atomic mass is 10.3. The molecule has 0 aliphatic rings. The fourth-order valence-electron chi connectivity index (χ4n) is 0.799. The van der Waals surface area contributed by atoms with E-state index in [4.69, 9.17) is 5.73 Å². The van der Waals surface area contributed by atoms with Crippen LogP contribution in [0.1, 0.15) is 13.3 Å². The molecular formula is C9H10BrFN2. The minimum Gasteiger partial charge on any atom is -0.387 e. The van der Waals surface area contributed by atoms with Gasteiger partial charge in [-0.2, -0.15) is 0 Å². The maximum absolute atomic E-state index is 12.8. The van der Waals surface area contributed by atoms with E-state index in [2.05, 4.69) is 20.9 Å². The minimum atomic E-state index is -0.297. The fraction of sp³-hybridized carbons (Fsp3) is 0.222. The summed E-state index contributed by atoms with van der Waals surface area (Å²) in [5, 5.41) is 0. The van der Waals surface area contributed by atoms with Gasteiger partial charge in [0, 0.05) is 6.42 Å². The molecule has 0 aliphatic carbocycles. The zero-order chi connectivity index (χ0) is 9.84. The van der Waals surface area contributed by atoms with Gasteiger partial charge in [0.25, 0.3) is 0 Å². The van der Waals surface area contributed by atoms with Crippen molar-refractivity contribution in [3.05, 3.63) is 28.5 Å². The van der Waals surface area contributed by atoms with Crippen molar-refractivity contribution < 1.29 is 4.39 Å². The molecule has 0 spiro atoms. The molecule has 1 rings (SSSR count). The zero-order valence-electron chi connectivity index (χ0n) is 7.22. The van der Waals surface area contributed by atoms with Gasteiger partial charge in [-0.1, -0.05) is 6.92 Å². The Labute approximate surface area is 84.8 Å². The van der Waals surface area contributed by atoms with Crippen molar-refractivity contribution in [2.75, 3.05) is 0 Å². The highest BCUT2D eigenvalue weighted by molar-refractivity contribution is 9.10. The van der Waals surface area contributed by atoms with Crippen molar-refractivity contribution in [2.24, 2.45) is 10.7 Å². The molecule has 70 valence electrons. The van der Waals surface area contributed by atoms with Gasteiger partial charge in [0.15, 0.2) is 0 Å². The first-order valence-corrected chi connectivity index (χ1v) is 4.71. The quantitative estimate of drug-likeness (QED) is 0.631. The van der Waals surface area contributed by atoms with E-state index in [9.17, 15) is 4.39 Å². The molecule has 0 saturated heterocycles. The smallest absolute Gasteiger partial charge is 0.137 e. The number of nitrogens with zero attached hydrogens (tertiary/aromatic N) is 1. The summed E-state index contributed by atoms with van der Waals surface area (Å²) in [7, 11) is 0. The highest BCUT2D eigenvalue weighted by Gasteiger charge is 1.99. The molecule has 1 aromatic rings. The number of halogens is 2. The Morgan fingerprint density at radius 3 is 2.85 bits per heavy atom. The normalized spacial score (nSPS) is 11.8. The summed E-state index contributed by atoms with van der Waals surface area (Å²) in [5.41, 5.74) is 6.19. The molecule has 0 aromatic heterocycles. The van der Waals surface area contributed by atoms with E-state index < -0.39 is 0 Å². The molecule has 0 unspecified atom stereocenters. The third-order valence-corrected chi connectivity index (χ3v) is 2.15. The van der Waals surface area contributed by atoms with Crippen LogP contribution in [0.4, 0.5) is 10.1 Å². The van der Waals surface area contributed by atoms with Crippen LogP contribution in [0.2, 0.25) is 0 Å². The van der Waals surface area contributed by atoms with Crippen molar-refractivity contribution in [3.8, 4) is 0 Å². The largest absolute Gasteiger partial charge is 0.387 e. The van der Waals surface area contributed by atoms with Crippen molar-refractivity contribution in [2.45, 2.75) is 13.3 Å². The Morgan fingerprint density at radius 1 is 1.62 bits per heavy atom. The standard InChI is InChI=1S/C9H10BrFN2/c1-2-9(12)13-6-3-4-8(11)7(10)5-6/h3-5H,2H2,1H3,(H2,12,13). The molecule has 2 nitrogen and oxygen atoms in total. The molecule has 0 atom stereocenters. The summed E-state index contributed by atoms with van der Waals surface area (Å²) >= 11 is 3.07. The lowest BCUT2D eigenvalue weighted by molar-refractivity contribution is 0.621. The van der Waals surface area contributed by atoms with Gasteiger partial charge < -0.3 is 5.73 Å². The van der Waals surface area contributed by atoms with Crippen LogP contribution in [-0.4, -0.2) is 5.84 Å². The van der Waals surface area contributed by atoms with Crippen LogP contribution >= 0.6 is 15.9 Å². The van der Waals surface area contributed by atoms with Crippen molar-refractivity contribution in [3.63, 3.8) is 0 Å². The maximum atomic E-state index is 12.8. The molecule has 0 aliphatic heterocycles. The number of hydrogen-bond donors (Lipinski definition) is 1. The van der Waals surface area contributed by atoms with Crippen molar-refractivity contribution in [1.29, 1.82) is 0 Å². The van der Waals surface area contributed by atoms with Crippen LogP contribution in [0.3, 0.4) is 0 Å². The minimum absolute atomic E-state index is 0.297. The van der Waals surface area contributed by atoms with Crippen LogP contribution < -0.4 is 5.73 Å². The van der Waals surface area contributed by atoms with Gasteiger partial charge in [-0.3, -0.25) is 0 Å². The average molecular weight is 245 g/mol. The number of amidine groups is 1. The van der Waals surface area contributed by atoms with E-state index in [-0.39, 0.29) is 5.82 Å². The van der Waals surface area contributed by atoms with E-state index in [1.165, 1.54) is 6.07 Å². The van der Waals surface area contributed by atoms with Gasteiger partial charge in [0.1, 0.15) is 5.82 Å². The van der Waals surface area contributed by atoms with E-state index in [1.54, 1.807) is 12.1 Å². The molecule has 0 amide bonds. The monoisotopic (exact) mass is 244 g/mol.